The number of nitrogens with one attached hydrogen (secondary N) is 1. The summed E-state index contributed by atoms with van der Waals surface area (Å²) in [5.74, 6) is -0.953. The molecular formula is C19H22N2O4S. The lowest BCUT2D eigenvalue weighted by atomic mass is 10.1. The molecule has 1 saturated carbocycles. The standard InChI is InChI=1S/C19H22N2O4S/c1-12-8-9-26-17(12)11-21(14-4-5-14)19(25)20-16(18(23)24)10-13-2-6-15(22)7-3-13/h2-3,6-9,14,16,22H,4-5,10-11H2,1H3,(H,20,25)(H,23,24). The summed E-state index contributed by atoms with van der Waals surface area (Å²) in [6, 6.07) is 7.17. The highest BCUT2D eigenvalue weighted by atomic mass is 32.1. The van der Waals surface area contributed by atoms with E-state index in [0.29, 0.717) is 6.54 Å². The van der Waals surface area contributed by atoms with Crippen LogP contribution in [0, 0.1) is 6.92 Å². The molecule has 1 heterocycles. The number of hydrogen-bond acceptors (Lipinski definition) is 4. The molecule has 138 valence electrons. The summed E-state index contributed by atoms with van der Waals surface area (Å²) in [6.07, 6.45) is 2.07. The number of carboxylic acid groups (broad SMARTS) is 1. The number of aliphatic carboxylic acids is 1. The third kappa shape index (κ3) is 4.54. The Morgan fingerprint density at radius 1 is 1.27 bits per heavy atom. The third-order valence-electron chi connectivity index (χ3n) is 4.50. The molecular weight excluding hydrogens is 352 g/mol. The van der Waals surface area contributed by atoms with Crippen LogP contribution in [-0.4, -0.2) is 39.2 Å². The molecule has 1 aliphatic carbocycles. The van der Waals surface area contributed by atoms with Gasteiger partial charge in [0.25, 0.3) is 0 Å². The fraction of sp³-hybridized carbons (Fsp3) is 0.368. The summed E-state index contributed by atoms with van der Waals surface area (Å²) in [6.45, 7) is 2.52. The van der Waals surface area contributed by atoms with Crippen LogP contribution in [0.4, 0.5) is 4.79 Å². The maximum absolute atomic E-state index is 12.7. The van der Waals surface area contributed by atoms with Crippen molar-refractivity contribution in [2.75, 3.05) is 0 Å². The summed E-state index contributed by atoms with van der Waals surface area (Å²) in [5, 5.41) is 23.5. The lowest BCUT2D eigenvalue weighted by Crippen LogP contribution is -2.49. The number of aryl methyl sites for hydroxylation is 1. The maximum Gasteiger partial charge on any atom is 0.326 e. The van der Waals surface area contributed by atoms with E-state index in [0.717, 1.165) is 28.8 Å². The van der Waals surface area contributed by atoms with E-state index in [2.05, 4.69) is 5.32 Å². The van der Waals surface area contributed by atoms with Gasteiger partial charge in [-0.15, -0.1) is 11.3 Å². The number of carboxylic acids is 1. The van der Waals surface area contributed by atoms with Crippen molar-refractivity contribution < 1.29 is 19.8 Å². The molecule has 2 aromatic rings. The molecule has 1 fully saturated rings. The molecule has 2 amide bonds. The van der Waals surface area contributed by atoms with Crippen molar-refractivity contribution in [1.82, 2.24) is 10.2 Å². The van der Waals surface area contributed by atoms with Crippen molar-refractivity contribution in [2.24, 2.45) is 0 Å². The van der Waals surface area contributed by atoms with E-state index in [1.165, 1.54) is 12.1 Å². The van der Waals surface area contributed by atoms with Crippen LogP contribution in [0.25, 0.3) is 0 Å². The first-order valence-electron chi connectivity index (χ1n) is 8.55. The minimum absolute atomic E-state index is 0.121. The largest absolute Gasteiger partial charge is 0.508 e. The van der Waals surface area contributed by atoms with Crippen molar-refractivity contribution in [3.8, 4) is 5.75 Å². The van der Waals surface area contributed by atoms with Gasteiger partial charge in [0.1, 0.15) is 11.8 Å². The van der Waals surface area contributed by atoms with E-state index < -0.39 is 12.0 Å². The van der Waals surface area contributed by atoms with Gasteiger partial charge in [0.05, 0.1) is 6.54 Å². The highest BCUT2D eigenvalue weighted by Crippen LogP contribution is 2.30. The van der Waals surface area contributed by atoms with Gasteiger partial charge in [-0.1, -0.05) is 12.1 Å². The molecule has 1 atom stereocenters. The molecule has 1 aromatic carbocycles. The number of aromatic hydroxyl groups is 1. The van der Waals surface area contributed by atoms with Gasteiger partial charge < -0.3 is 20.4 Å². The smallest absolute Gasteiger partial charge is 0.326 e. The first-order valence-corrected chi connectivity index (χ1v) is 9.43. The summed E-state index contributed by atoms with van der Waals surface area (Å²) < 4.78 is 0. The summed E-state index contributed by atoms with van der Waals surface area (Å²) >= 11 is 1.61. The van der Waals surface area contributed by atoms with E-state index >= 15 is 0 Å². The maximum atomic E-state index is 12.7. The van der Waals surface area contributed by atoms with E-state index in [4.69, 9.17) is 0 Å². The average molecular weight is 374 g/mol. The Balaban J connectivity index is 1.68. The Kier molecular flexibility index (Phi) is 5.46. The van der Waals surface area contributed by atoms with Crippen LogP contribution >= 0.6 is 11.3 Å². The molecule has 1 aromatic heterocycles. The first kappa shape index (κ1) is 18.3. The van der Waals surface area contributed by atoms with Crippen LogP contribution in [0.5, 0.6) is 5.75 Å². The molecule has 26 heavy (non-hydrogen) atoms. The fourth-order valence-corrected chi connectivity index (χ4v) is 3.68. The molecule has 0 radical (unpaired) electrons. The second-order valence-electron chi connectivity index (χ2n) is 6.60. The fourth-order valence-electron chi connectivity index (χ4n) is 2.77. The lowest BCUT2D eigenvalue weighted by molar-refractivity contribution is -0.139. The molecule has 1 aliphatic rings. The topological polar surface area (TPSA) is 89.9 Å². The average Bonchev–Trinajstić information content (AvgIpc) is 3.36. The molecule has 6 nitrogen and oxygen atoms in total. The highest BCUT2D eigenvalue weighted by Gasteiger charge is 2.34. The SMILES string of the molecule is Cc1ccsc1CN(C(=O)NC(Cc1ccc(O)cc1)C(=O)O)C1CC1. The molecule has 7 heteroatoms. The van der Waals surface area contributed by atoms with E-state index in [1.807, 2.05) is 18.4 Å². The number of hydrogen-bond donors (Lipinski definition) is 3. The minimum atomic E-state index is -1.07. The van der Waals surface area contributed by atoms with Crippen LogP contribution in [0.15, 0.2) is 35.7 Å². The Labute approximate surface area is 156 Å². The predicted octanol–water partition coefficient (Wildman–Crippen LogP) is 3.13. The van der Waals surface area contributed by atoms with Crippen LogP contribution < -0.4 is 5.32 Å². The minimum Gasteiger partial charge on any atom is -0.508 e. The van der Waals surface area contributed by atoms with Gasteiger partial charge in [-0.3, -0.25) is 0 Å². The summed E-state index contributed by atoms with van der Waals surface area (Å²) in [5.41, 5.74) is 1.88. The van der Waals surface area contributed by atoms with Gasteiger partial charge in [-0.25, -0.2) is 9.59 Å². The Morgan fingerprint density at radius 3 is 2.50 bits per heavy atom. The first-order chi connectivity index (χ1) is 12.4. The number of amides is 2. The zero-order chi connectivity index (χ0) is 18.7. The van der Waals surface area contributed by atoms with Gasteiger partial charge >= 0.3 is 12.0 Å². The van der Waals surface area contributed by atoms with Crippen LogP contribution in [0.2, 0.25) is 0 Å². The number of urea groups is 1. The van der Waals surface area contributed by atoms with E-state index in [1.54, 1.807) is 28.4 Å². The van der Waals surface area contributed by atoms with E-state index in [9.17, 15) is 19.8 Å². The van der Waals surface area contributed by atoms with E-state index in [-0.39, 0.29) is 24.2 Å². The third-order valence-corrected chi connectivity index (χ3v) is 5.51. The summed E-state index contributed by atoms with van der Waals surface area (Å²) in [4.78, 5) is 27.2. The number of phenolic OH excluding ortho intramolecular Hbond substituents is 1. The second kappa shape index (κ2) is 7.78. The quantitative estimate of drug-likeness (QED) is 0.694. The van der Waals surface area contributed by atoms with Gasteiger partial charge in [0.15, 0.2) is 0 Å². The van der Waals surface area contributed by atoms with Gasteiger partial charge in [-0.2, -0.15) is 0 Å². The Hall–Kier alpha value is -2.54. The molecule has 0 aliphatic heterocycles. The molecule has 1 unspecified atom stereocenters. The Morgan fingerprint density at radius 2 is 1.96 bits per heavy atom. The zero-order valence-corrected chi connectivity index (χ0v) is 15.3. The number of carbonyl (C=O) groups excluding carboxylic acids is 1. The van der Waals surface area contributed by atoms with Crippen molar-refractivity contribution in [3.05, 3.63) is 51.7 Å². The van der Waals surface area contributed by atoms with Gasteiger partial charge in [0.2, 0.25) is 0 Å². The van der Waals surface area contributed by atoms with Crippen LogP contribution in [0.1, 0.15) is 28.8 Å². The number of thiophene rings is 1. The number of rotatable bonds is 7. The second-order valence-corrected chi connectivity index (χ2v) is 7.60. The summed E-state index contributed by atoms with van der Waals surface area (Å²) in [7, 11) is 0. The van der Waals surface area contributed by atoms with Crippen molar-refractivity contribution in [3.63, 3.8) is 0 Å². The normalized spacial score (nSPS) is 14.7. The predicted molar refractivity (Wildman–Crippen MR) is 99.4 cm³/mol. The molecule has 0 saturated heterocycles. The number of benzene rings is 1. The number of nitrogens with zero attached hydrogens (tertiary/aromatic N) is 1. The van der Waals surface area contributed by atoms with Crippen molar-refractivity contribution >= 4 is 23.3 Å². The van der Waals surface area contributed by atoms with Crippen LogP contribution in [-0.2, 0) is 17.8 Å². The lowest BCUT2D eigenvalue weighted by Gasteiger charge is -2.25. The van der Waals surface area contributed by atoms with Crippen molar-refractivity contribution in [1.29, 1.82) is 0 Å². The molecule has 3 N–H and O–H groups in total. The molecule has 0 bridgehead atoms. The van der Waals surface area contributed by atoms with Crippen LogP contribution in [0.3, 0.4) is 0 Å². The molecule has 3 rings (SSSR count). The highest BCUT2D eigenvalue weighted by molar-refractivity contribution is 7.10. The number of carbonyl (C=O) groups is 2. The zero-order valence-electron chi connectivity index (χ0n) is 14.5. The molecule has 0 spiro atoms. The Bertz CT molecular complexity index is 783. The van der Waals surface area contributed by atoms with Gasteiger partial charge in [0, 0.05) is 17.3 Å². The van der Waals surface area contributed by atoms with Crippen molar-refractivity contribution in [2.45, 2.75) is 44.8 Å². The number of phenols is 1. The monoisotopic (exact) mass is 374 g/mol. The van der Waals surface area contributed by atoms with Gasteiger partial charge in [-0.05, 0) is 54.5 Å².